The lowest BCUT2D eigenvalue weighted by atomic mass is 10.1. The van der Waals surface area contributed by atoms with E-state index in [0.717, 1.165) is 28.4 Å². The molecule has 3 aromatic carbocycles. The van der Waals surface area contributed by atoms with Crippen molar-refractivity contribution in [3.63, 3.8) is 0 Å². The third-order valence-corrected chi connectivity index (χ3v) is 5.38. The van der Waals surface area contributed by atoms with Crippen molar-refractivity contribution in [1.82, 2.24) is 4.90 Å². The van der Waals surface area contributed by atoms with Crippen molar-refractivity contribution in [2.45, 2.75) is 19.2 Å². The quantitative estimate of drug-likeness (QED) is 0.475. The van der Waals surface area contributed by atoms with Crippen LogP contribution in [0.1, 0.15) is 11.1 Å². The zero-order valence-corrected chi connectivity index (χ0v) is 18.9. The standard InChI is InChI=1S/C26H29NO6/c1-29-24-10-6-7-20(26(24)30-2)15-27(14-19-11-12-23-25(13-19)33-18-32-23)16-21(28)17-31-22-8-4-3-5-9-22/h3-13,21,28H,14-18H2,1-2H3/t21-/m0/s1. The van der Waals surface area contributed by atoms with E-state index in [-0.39, 0.29) is 13.4 Å². The first-order chi connectivity index (χ1) is 16.2. The fraction of sp³-hybridized carbons (Fsp3) is 0.308. The van der Waals surface area contributed by atoms with E-state index < -0.39 is 6.10 Å². The molecule has 0 fully saturated rings. The van der Waals surface area contributed by atoms with Crippen LogP contribution in [0.25, 0.3) is 0 Å². The summed E-state index contributed by atoms with van der Waals surface area (Å²) in [6.07, 6.45) is -0.684. The fourth-order valence-corrected chi connectivity index (χ4v) is 3.86. The van der Waals surface area contributed by atoms with Crippen LogP contribution in [0.4, 0.5) is 0 Å². The summed E-state index contributed by atoms with van der Waals surface area (Å²) in [5.41, 5.74) is 2.02. The number of benzene rings is 3. The Labute approximate surface area is 194 Å². The number of rotatable bonds is 11. The van der Waals surface area contributed by atoms with Gasteiger partial charge in [-0.15, -0.1) is 0 Å². The van der Waals surface area contributed by atoms with Crippen LogP contribution < -0.4 is 23.7 Å². The van der Waals surface area contributed by atoms with Gasteiger partial charge in [-0.2, -0.15) is 0 Å². The summed E-state index contributed by atoms with van der Waals surface area (Å²) >= 11 is 0. The number of methoxy groups -OCH3 is 2. The smallest absolute Gasteiger partial charge is 0.231 e. The Kier molecular flexibility index (Phi) is 7.55. The summed E-state index contributed by atoms with van der Waals surface area (Å²) < 4.78 is 27.8. The summed E-state index contributed by atoms with van der Waals surface area (Å²) in [6, 6.07) is 21.2. The van der Waals surface area contributed by atoms with Crippen molar-refractivity contribution in [2.24, 2.45) is 0 Å². The van der Waals surface area contributed by atoms with Crippen molar-refractivity contribution in [2.75, 3.05) is 34.2 Å². The van der Waals surface area contributed by atoms with Gasteiger partial charge in [0.05, 0.1) is 14.2 Å². The molecule has 7 heteroatoms. The molecule has 4 rings (SSSR count). The molecule has 1 aliphatic rings. The molecule has 174 valence electrons. The van der Waals surface area contributed by atoms with Gasteiger partial charge in [0.1, 0.15) is 18.5 Å². The monoisotopic (exact) mass is 451 g/mol. The summed E-state index contributed by atoms with van der Waals surface area (Å²) in [4.78, 5) is 2.15. The second kappa shape index (κ2) is 10.9. The van der Waals surface area contributed by atoms with E-state index in [0.29, 0.717) is 31.1 Å². The van der Waals surface area contributed by atoms with E-state index in [2.05, 4.69) is 4.90 Å². The molecule has 7 nitrogen and oxygen atoms in total. The van der Waals surface area contributed by atoms with E-state index >= 15 is 0 Å². The summed E-state index contributed by atoms with van der Waals surface area (Å²) in [7, 11) is 3.25. The predicted octanol–water partition coefficient (Wildman–Crippen LogP) is 3.87. The zero-order chi connectivity index (χ0) is 23.0. The number of ether oxygens (including phenoxy) is 5. The Hall–Kier alpha value is -3.42. The van der Waals surface area contributed by atoms with Gasteiger partial charge in [-0.25, -0.2) is 0 Å². The number of hydrogen-bond donors (Lipinski definition) is 1. The summed E-state index contributed by atoms with van der Waals surface area (Å²) in [6.45, 7) is 1.98. The molecular weight excluding hydrogens is 422 g/mol. The SMILES string of the molecule is COc1cccc(CN(Cc2ccc3c(c2)OCO3)C[C@H](O)COc2ccccc2)c1OC. The molecule has 3 aromatic rings. The van der Waals surface area contributed by atoms with Gasteiger partial charge in [0, 0.05) is 25.2 Å². The van der Waals surface area contributed by atoms with Crippen LogP contribution in [-0.4, -0.2) is 50.3 Å². The van der Waals surface area contributed by atoms with Crippen molar-refractivity contribution < 1.29 is 28.8 Å². The lowest BCUT2D eigenvalue weighted by Crippen LogP contribution is -2.35. The Morgan fingerprint density at radius 1 is 0.909 bits per heavy atom. The molecule has 0 saturated carbocycles. The average Bonchev–Trinajstić information content (AvgIpc) is 3.31. The van der Waals surface area contributed by atoms with Gasteiger partial charge in [0.25, 0.3) is 0 Å². The third-order valence-electron chi connectivity index (χ3n) is 5.38. The maximum atomic E-state index is 10.8. The normalized spacial score (nSPS) is 13.1. The van der Waals surface area contributed by atoms with Crippen LogP contribution in [0.3, 0.4) is 0 Å². The lowest BCUT2D eigenvalue weighted by Gasteiger charge is -2.26. The van der Waals surface area contributed by atoms with Crippen LogP contribution in [0.15, 0.2) is 66.7 Å². The molecule has 0 saturated heterocycles. The zero-order valence-electron chi connectivity index (χ0n) is 18.9. The predicted molar refractivity (Wildman–Crippen MR) is 124 cm³/mol. The Morgan fingerprint density at radius 3 is 2.52 bits per heavy atom. The highest BCUT2D eigenvalue weighted by molar-refractivity contribution is 5.47. The van der Waals surface area contributed by atoms with E-state index in [1.54, 1.807) is 14.2 Å². The number of aliphatic hydroxyl groups excluding tert-OH is 1. The van der Waals surface area contributed by atoms with Crippen LogP contribution in [0.5, 0.6) is 28.7 Å². The molecule has 33 heavy (non-hydrogen) atoms. The van der Waals surface area contributed by atoms with Gasteiger partial charge < -0.3 is 28.8 Å². The van der Waals surface area contributed by atoms with Crippen LogP contribution in [-0.2, 0) is 13.1 Å². The third kappa shape index (κ3) is 5.88. The van der Waals surface area contributed by atoms with Gasteiger partial charge in [0.2, 0.25) is 6.79 Å². The number of para-hydroxylation sites is 2. The highest BCUT2D eigenvalue weighted by Gasteiger charge is 2.19. The minimum Gasteiger partial charge on any atom is -0.493 e. The number of nitrogens with zero attached hydrogens (tertiary/aromatic N) is 1. The van der Waals surface area contributed by atoms with Crippen molar-refractivity contribution in [1.29, 1.82) is 0 Å². The van der Waals surface area contributed by atoms with Crippen LogP contribution in [0, 0.1) is 0 Å². The molecule has 1 heterocycles. The molecule has 0 radical (unpaired) electrons. The second-order valence-corrected chi connectivity index (χ2v) is 7.79. The van der Waals surface area contributed by atoms with E-state index in [1.165, 1.54) is 0 Å². The summed E-state index contributed by atoms with van der Waals surface area (Å²) in [5, 5.41) is 10.8. The van der Waals surface area contributed by atoms with Crippen molar-refractivity contribution in [3.8, 4) is 28.7 Å². The van der Waals surface area contributed by atoms with Crippen LogP contribution in [0.2, 0.25) is 0 Å². The van der Waals surface area contributed by atoms with Crippen molar-refractivity contribution >= 4 is 0 Å². The first-order valence-electron chi connectivity index (χ1n) is 10.8. The minimum atomic E-state index is -0.684. The Balaban J connectivity index is 1.50. The van der Waals surface area contributed by atoms with E-state index in [9.17, 15) is 5.11 Å². The lowest BCUT2D eigenvalue weighted by molar-refractivity contribution is 0.0625. The van der Waals surface area contributed by atoms with Crippen molar-refractivity contribution in [3.05, 3.63) is 77.9 Å². The molecule has 1 N–H and O–H groups in total. The molecule has 0 aliphatic carbocycles. The van der Waals surface area contributed by atoms with Gasteiger partial charge in [-0.05, 0) is 35.9 Å². The number of hydrogen-bond acceptors (Lipinski definition) is 7. The van der Waals surface area contributed by atoms with E-state index in [4.69, 9.17) is 23.7 Å². The number of fused-ring (bicyclic) bond motifs is 1. The Morgan fingerprint density at radius 2 is 1.73 bits per heavy atom. The molecular formula is C26H29NO6. The second-order valence-electron chi connectivity index (χ2n) is 7.79. The highest BCUT2D eigenvalue weighted by Crippen LogP contribution is 2.34. The van der Waals surface area contributed by atoms with Gasteiger partial charge in [0.15, 0.2) is 23.0 Å². The highest BCUT2D eigenvalue weighted by atomic mass is 16.7. The molecule has 0 unspecified atom stereocenters. The van der Waals surface area contributed by atoms with Crippen LogP contribution >= 0.6 is 0 Å². The fourth-order valence-electron chi connectivity index (χ4n) is 3.86. The largest absolute Gasteiger partial charge is 0.493 e. The summed E-state index contributed by atoms with van der Waals surface area (Å²) in [5.74, 6) is 3.57. The van der Waals surface area contributed by atoms with Gasteiger partial charge >= 0.3 is 0 Å². The molecule has 1 atom stereocenters. The molecule has 0 spiro atoms. The maximum Gasteiger partial charge on any atom is 0.231 e. The van der Waals surface area contributed by atoms with Gasteiger partial charge in [-0.3, -0.25) is 4.90 Å². The molecule has 0 aromatic heterocycles. The first kappa shape index (κ1) is 22.8. The number of aliphatic hydroxyl groups is 1. The van der Waals surface area contributed by atoms with E-state index in [1.807, 2.05) is 66.7 Å². The minimum absolute atomic E-state index is 0.191. The molecule has 0 amide bonds. The molecule has 0 bridgehead atoms. The topological polar surface area (TPSA) is 69.6 Å². The molecule has 1 aliphatic heterocycles. The average molecular weight is 452 g/mol. The maximum absolute atomic E-state index is 10.8. The first-order valence-corrected chi connectivity index (χ1v) is 10.8. The van der Waals surface area contributed by atoms with Gasteiger partial charge in [-0.1, -0.05) is 36.4 Å². The Bertz CT molecular complexity index is 1040.